The molecule has 0 atom stereocenters. The van der Waals surface area contributed by atoms with Crippen LogP contribution in [0.15, 0.2) is 88.8 Å². The van der Waals surface area contributed by atoms with E-state index in [4.69, 9.17) is 5.11 Å². The zero-order valence-electron chi connectivity index (χ0n) is 17.9. The molecular formula is C26H19N5O3. The Balaban J connectivity index is 1.50. The van der Waals surface area contributed by atoms with E-state index in [1.165, 1.54) is 0 Å². The molecule has 0 radical (unpaired) electrons. The fourth-order valence-electron chi connectivity index (χ4n) is 3.40. The number of H-pyrrole nitrogens is 1. The summed E-state index contributed by atoms with van der Waals surface area (Å²) in [6.45, 7) is 0. The van der Waals surface area contributed by atoms with Crippen molar-refractivity contribution in [3.8, 4) is 28.5 Å². The van der Waals surface area contributed by atoms with Gasteiger partial charge in [0, 0.05) is 5.56 Å². The number of aliphatic carboxylic acids is 1. The minimum atomic E-state index is -0.870. The molecule has 0 amide bonds. The van der Waals surface area contributed by atoms with E-state index in [-0.39, 0.29) is 23.6 Å². The largest absolute Gasteiger partial charge is 0.481 e. The van der Waals surface area contributed by atoms with Crippen molar-refractivity contribution in [2.24, 2.45) is 5.10 Å². The lowest BCUT2D eigenvalue weighted by molar-refractivity contribution is -0.136. The Bertz CT molecular complexity index is 1450. The number of nitriles is 1. The van der Waals surface area contributed by atoms with Gasteiger partial charge < -0.3 is 5.11 Å². The van der Waals surface area contributed by atoms with E-state index in [2.05, 4.69) is 20.5 Å². The van der Waals surface area contributed by atoms with Crippen LogP contribution < -0.4 is 11.0 Å². The summed E-state index contributed by atoms with van der Waals surface area (Å²) in [6.07, 6.45) is 1.55. The number of nitrogens with one attached hydrogen (secondary N) is 2. The number of carboxylic acids is 1. The predicted octanol–water partition coefficient (Wildman–Crippen LogP) is 4.05. The van der Waals surface area contributed by atoms with Crippen molar-refractivity contribution in [3.63, 3.8) is 0 Å². The van der Waals surface area contributed by atoms with Crippen molar-refractivity contribution < 1.29 is 9.90 Å². The van der Waals surface area contributed by atoms with Gasteiger partial charge in [-0.1, -0.05) is 78.9 Å². The van der Waals surface area contributed by atoms with Crippen LogP contribution in [0.2, 0.25) is 0 Å². The molecule has 0 bridgehead atoms. The molecule has 166 valence electrons. The standard InChI is InChI=1S/C26H19N5O3/c27-15-22-24(20-6-2-1-3-7-20)29-26(30-25(22)34)31-28-16-17-9-11-19(12-10-17)21-8-4-5-18(13-21)14-23(32)33/h1-13,16H,14H2,(H,32,33)(H2,29,30,31,34). The molecule has 1 heterocycles. The maximum Gasteiger partial charge on any atom is 0.307 e. The Hall–Kier alpha value is -5.03. The second-order valence-corrected chi connectivity index (χ2v) is 7.38. The Morgan fingerprint density at radius 3 is 2.47 bits per heavy atom. The first-order chi connectivity index (χ1) is 16.5. The van der Waals surface area contributed by atoms with E-state index in [0.717, 1.165) is 22.3 Å². The van der Waals surface area contributed by atoms with E-state index >= 15 is 0 Å². The highest BCUT2D eigenvalue weighted by molar-refractivity contribution is 5.81. The number of aromatic nitrogens is 2. The lowest BCUT2D eigenvalue weighted by atomic mass is 10.0. The summed E-state index contributed by atoms with van der Waals surface area (Å²) in [5.74, 6) is -0.754. The van der Waals surface area contributed by atoms with Crippen LogP contribution in [0.1, 0.15) is 16.7 Å². The molecule has 4 rings (SSSR count). The summed E-state index contributed by atoms with van der Waals surface area (Å²) >= 11 is 0. The molecule has 4 aromatic rings. The maximum absolute atomic E-state index is 12.3. The highest BCUT2D eigenvalue weighted by Crippen LogP contribution is 2.22. The number of benzene rings is 3. The van der Waals surface area contributed by atoms with Crippen LogP contribution in [0.4, 0.5) is 5.95 Å². The third kappa shape index (κ3) is 5.23. The first-order valence-corrected chi connectivity index (χ1v) is 10.3. The highest BCUT2D eigenvalue weighted by Gasteiger charge is 2.12. The summed E-state index contributed by atoms with van der Waals surface area (Å²) in [5.41, 5.74) is 6.43. The van der Waals surface area contributed by atoms with Crippen LogP contribution in [0.25, 0.3) is 22.4 Å². The average Bonchev–Trinajstić information content (AvgIpc) is 2.84. The number of nitrogens with zero attached hydrogens (tertiary/aromatic N) is 3. The van der Waals surface area contributed by atoms with Gasteiger partial charge in [0.2, 0.25) is 5.95 Å². The smallest absolute Gasteiger partial charge is 0.307 e. The third-order valence-corrected chi connectivity index (χ3v) is 4.99. The van der Waals surface area contributed by atoms with Crippen molar-refractivity contribution in [1.29, 1.82) is 5.26 Å². The molecule has 8 nitrogen and oxygen atoms in total. The summed E-state index contributed by atoms with van der Waals surface area (Å²) in [5, 5.41) is 22.5. The minimum absolute atomic E-state index is 0.0261. The van der Waals surface area contributed by atoms with Crippen LogP contribution in [0.3, 0.4) is 0 Å². The molecule has 34 heavy (non-hydrogen) atoms. The Labute approximate surface area is 194 Å². The van der Waals surface area contributed by atoms with Gasteiger partial charge in [-0.05, 0) is 22.3 Å². The van der Waals surface area contributed by atoms with Crippen molar-refractivity contribution >= 4 is 18.1 Å². The number of hydrazone groups is 1. The maximum atomic E-state index is 12.3. The third-order valence-electron chi connectivity index (χ3n) is 4.99. The molecular weight excluding hydrogens is 430 g/mol. The summed E-state index contributed by atoms with van der Waals surface area (Å²) in [7, 11) is 0. The van der Waals surface area contributed by atoms with Gasteiger partial charge in [-0.25, -0.2) is 10.4 Å². The first kappa shape index (κ1) is 22.2. The molecule has 0 aliphatic rings. The SMILES string of the molecule is N#Cc1c(-c2ccccc2)nc(NN=Cc2ccc(-c3cccc(CC(=O)O)c3)cc2)[nH]c1=O. The average molecular weight is 449 g/mol. The van der Waals surface area contributed by atoms with E-state index < -0.39 is 11.5 Å². The molecule has 0 unspecified atom stereocenters. The van der Waals surface area contributed by atoms with E-state index in [0.29, 0.717) is 5.56 Å². The number of carboxylic acid groups (broad SMARTS) is 1. The second kappa shape index (κ2) is 10.1. The number of carbonyl (C=O) groups is 1. The van der Waals surface area contributed by atoms with Gasteiger partial charge in [-0.2, -0.15) is 10.4 Å². The number of anilines is 1. The van der Waals surface area contributed by atoms with E-state index in [9.17, 15) is 14.9 Å². The van der Waals surface area contributed by atoms with Crippen LogP contribution in [-0.2, 0) is 11.2 Å². The summed E-state index contributed by atoms with van der Waals surface area (Å²) in [6, 6.07) is 25.9. The summed E-state index contributed by atoms with van der Waals surface area (Å²) in [4.78, 5) is 30.1. The molecule has 0 saturated carbocycles. The number of hydrogen-bond donors (Lipinski definition) is 3. The van der Waals surface area contributed by atoms with Crippen LogP contribution >= 0.6 is 0 Å². The molecule has 0 spiro atoms. The molecule has 0 aliphatic heterocycles. The van der Waals surface area contributed by atoms with Gasteiger partial charge in [0.1, 0.15) is 11.6 Å². The number of hydrogen-bond acceptors (Lipinski definition) is 6. The molecule has 1 aromatic heterocycles. The quantitative estimate of drug-likeness (QED) is 0.288. The topological polar surface area (TPSA) is 131 Å². The van der Waals surface area contributed by atoms with Gasteiger partial charge in [-0.3, -0.25) is 14.6 Å². The zero-order chi connectivity index (χ0) is 23.9. The minimum Gasteiger partial charge on any atom is -0.481 e. The Kier molecular flexibility index (Phi) is 6.56. The van der Waals surface area contributed by atoms with Crippen molar-refractivity contribution in [1.82, 2.24) is 9.97 Å². The lowest BCUT2D eigenvalue weighted by Crippen LogP contribution is -2.16. The summed E-state index contributed by atoms with van der Waals surface area (Å²) < 4.78 is 0. The van der Waals surface area contributed by atoms with Crippen LogP contribution in [-0.4, -0.2) is 27.3 Å². The second-order valence-electron chi connectivity index (χ2n) is 7.38. The van der Waals surface area contributed by atoms with E-state index in [1.807, 2.05) is 54.6 Å². The van der Waals surface area contributed by atoms with Crippen LogP contribution in [0, 0.1) is 11.3 Å². The van der Waals surface area contributed by atoms with Crippen LogP contribution in [0.5, 0.6) is 0 Å². The van der Waals surface area contributed by atoms with Gasteiger partial charge in [0.05, 0.1) is 18.3 Å². The molecule has 0 aliphatic carbocycles. The van der Waals surface area contributed by atoms with Crippen molar-refractivity contribution in [2.45, 2.75) is 6.42 Å². The normalized spacial score (nSPS) is 10.7. The zero-order valence-corrected chi connectivity index (χ0v) is 17.9. The van der Waals surface area contributed by atoms with Crippen molar-refractivity contribution in [3.05, 3.63) is 106 Å². The highest BCUT2D eigenvalue weighted by atomic mass is 16.4. The predicted molar refractivity (Wildman–Crippen MR) is 129 cm³/mol. The van der Waals surface area contributed by atoms with Crippen molar-refractivity contribution in [2.75, 3.05) is 5.43 Å². The number of aromatic amines is 1. The Morgan fingerprint density at radius 1 is 1.03 bits per heavy atom. The van der Waals surface area contributed by atoms with Gasteiger partial charge in [0.15, 0.2) is 0 Å². The molecule has 0 fully saturated rings. The fourth-order valence-corrected chi connectivity index (χ4v) is 3.40. The van der Waals surface area contributed by atoms with E-state index in [1.54, 1.807) is 36.5 Å². The van der Waals surface area contributed by atoms with Gasteiger partial charge in [0.25, 0.3) is 5.56 Å². The first-order valence-electron chi connectivity index (χ1n) is 10.3. The molecule has 8 heteroatoms. The number of rotatable bonds is 7. The molecule has 3 N–H and O–H groups in total. The molecule has 0 saturated heterocycles. The fraction of sp³-hybridized carbons (Fsp3) is 0.0385. The molecule has 3 aromatic carbocycles. The van der Waals surface area contributed by atoms with Gasteiger partial charge in [-0.15, -0.1) is 0 Å². The Morgan fingerprint density at radius 2 is 1.76 bits per heavy atom. The monoisotopic (exact) mass is 449 g/mol. The van der Waals surface area contributed by atoms with Gasteiger partial charge >= 0.3 is 5.97 Å². The lowest BCUT2D eigenvalue weighted by Gasteiger charge is -2.06.